The number of nitrogens with zero attached hydrogens (tertiary/aromatic N) is 1. The van der Waals surface area contributed by atoms with Gasteiger partial charge in [-0.2, -0.15) is 0 Å². The molecule has 0 spiro atoms. The van der Waals surface area contributed by atoms with E-state index in [1.54, 1.807) is 25.1 Å². The number of ether oxygens (including phenoxy) is 1. The third-order valence-electron chi connectivity index (χ3n) is 4.84. The van der Waals surface area contributed by atoms with Gasteiger partial charge in [-0.15, -0.1) is 0 Å². The van der Waals surface area contributed by atoms with Gasteiger partial charge in [-0.25, -0.2) is 9.37 Å². The van der Waals surface area contributed by atoms with Gasteiger partial charge in [0, 0.05) is 28.3 Å². The average molecular weight is 400 g/mol. The zero-order chi connectivity index (χ0) is 21.1. The molecule has 1 amide bonds. The van der Waals surface area contributed by atoms with Crippen LogP contribution in [0.2, 0.25) is 0 Å². The molecule has 0 radical (unpaired) electrons. The Morgan fingerprint density at radius 1 is 1.03 bits per heavy atom. The Bertz CT molecular complexity index is 1220. The largest absolute Gasteiger partial charge is 0.493 e. The highest BCUT2D eigenvalue weighted by molar-refractivity contribution is 6.07. The molecular weight excluding hydrogens is 379 g/mol. The molecule has 3 aromatic carbocycles. The zero-order valence-electron chi connectivity index (χ0n) is 16.8. The van der Waals surface area contributed by atoms with E-state index in [1.165, 1.54) is 12.1 Å². The number of amides is 1. The predicted molar refractivity (Wildman–Crippen MR) is 117 cm³/mol. The third-order valence-corrected chi connectivity index (χ3v) is 4.84. The fraction of sp³-hybridized carbons (Fsp3) is 0.120. The van der Waals surface area contributed by atoms with E-state index in [4.69, 9.17) is 9.72 Å². The topological polar surface area (TPSA) is 51.2 Å². The molecular formula is C25H21FN2O2. The molecule has 150 valence electrons. The number of anilines is 1. The SMILES string of the molecule is CCOc1cc(-c2ccccc2)nc2ccc(C(=O)Nc3ccc(F)cc3C)cc12. The molecule has 0 saturated heterocycles. The summed E-state index contributed by atoms with van der Waals surface area (Å²) in [7, 11) is 0. The number of aryl methyl sites for hydroxylation is 1. The minimum Gasteiger partial charge on any atom is -0.493 e. The van der Waals surface area contributed by atoms with Gasteiger partial charge < -0.3 is 10.1 Å². The van der Waals surface area contributed by atoms with Gasteiger partial charge in [0.25, 0.3) is 5.91 Å². The Kier molecular flexibility index (Phi) is 5.44. The number of pyridine rings is 1. The lowest BCUT2D eigenvalue weighted by atomic mass is 10.1. The normalized spacial score (nSPS) is 10.8. The first-order valence-corrected chi connectivity index (χ1v) is 9.75. The van der Waals surface area contributed by atoms with Crippen LogP contribution < -0.4 is 10.1 Å². The summed E-state index contributed by atoms with van der Waals surface area (Å²) in [6.45, 7) is 4.17. The molecule has 0 aliphatic rings. The molecule has 0 atom stereocenters. The molecule has 1 heterocycles. The summed E-state index contributed by atoms with van der Waals surface area (Å²) in [5, 5.41) is 3.60. The molecule has 0 bridgehead atoms. The van der Waals surface area contributed by atoms with Crippen LogP contribution in [0.25, 0.3) is 22.2 Å². The van der Waals surface area contributed by atoms with Crippen molar-refractivity contribution in [2.24, 2.45) is 0 Å². The molecule has 0 aliphatic heterocycles. The van der Waals surface area contributed by atoms with E-state index in [2.05, 4.69) is 5.32 Å². The van der Waals surface area contributed by atoms with E-state index in [9.17, 15) is 9.18 Å². The van der Waals surface area contributed by atoms with Crippen LogP contribution >= 0.6 is 0 Å². The summed E-state index contributed by atoms with van der Waals surface area (Å²) in [6.07, 6.45) is 0. The maximum Gasteiger partial charge on any atom is 0.255 e. The molecule has 1 aromatic heterocycles. The fourth-order valence-electron chi connectivity index (χ4n) is 3.33. The number of fused-ring (bicyclic) bond motifs is 1. The van der Waals surface area contributed by atoms with Crippen molar-refractivity contribution in [1.82, 2.24) is 4.98 Å². The van der Waals surface area contributed by atoms with Crippen LogP contribution in [0, 0.1) is 12.7 Å². The van der Waals surface area contributed by atoms with E-state index < -0.39 is 0 Å². The van der Waals surface area contributed by atoms with E-state index in [1.807, 2.05) is 49.4 Å². The van der Waals surface area contributed by atoms with Crippen LogP contribution in [0.15, 0.2) is 72.8 Å². The van der Waals surface area contributed by atoms with Gasteiger partial charge in [-0.1, -0.05) is 30.3 Å². The second-order valence-corrected chi connectivity index (χ2v) is 6.95. The number of nitrogens with one attached hydrogen (secondary N) is 1. The number of hydrogen-bond donors (Lipinski definition) is 1. The summed E-state index contributed by atoms with van der Waals surface area (Å²) >= 11 is 0. The summed E-state index contributed by atoms with van der Waals surface area (Å²) < 4.78 is 19.2. The van der Waals surface area contributed by atoms with Crippen molar-refractivity contribution >= 4 is 22.5 Å². The summed E-state index contributed by atoms with van der Waals surface area (Å²) in [4.78, 5) is 17.5. The molecule has 0 fully saturated rings. The van der Waals surface area contributed by atoms with Gasteiger partial charge in [0.15, 0.2) is 0 Å². The van der Waals surface area contributed by atoms with Gasteiger partial charge in [-0.05, 0) is 55.8 Å². The monoisotopic (exact) mass is 400 g/mol. The minimum absolute atomic E-state index is 0.277. The Morgan fingerprint density at radius 2 is 1.83 bits per heavy atom. The van der Waals surface area contributed by atoms with E-state index >= 15 is 0 Å². The number of carbonyl (C=O) groups excluding carboxylic acids is 1. The van der Waals surface area contributed by atoms with Gasteiger partial charge >= 0.3 is 0 Å². The molecule has 4 aromatic rings. The summed E-state index contributed by atoms with van der Waals surface area (Å²) in [6, 6.07) is 21.4. The number of benzene rings is 3. The second-order valence-electron chi connectivity index (χ2n) is 6.95. The Morgan fingerprint density at radius 3 is 2.57 bits per heavy atom. The van der Waals surface area contributed by atoms with Crippen molar-refractivity contribution in [3.63, 3.8) is 0 Å². The molecule has 4 rings (SSSR count). The number of carbonyl (C=O) groups is 1. The first-order chi connectivity index (χ1) is 14.5. The van der Waals surface area contributed by atoms with E-state index in [0.29, 0.717) is 29.2 Å². The molecule has 0 unspecified atom stereocenters. The van der Waals surface area contributed by atoms with E-state index in [0.717, 1.165) is 22.2 Å². The quantitative estimate of drug-likeness (QED) is 0.447. The number of halogens is 1. The van der Waals surface area contributed by atoms with E-state index in [-0.39, 0.29) is 11.7 Å². The standard InChI is InChI=1S/C25H21FN2O2/c1-3-30-24-15-23(17-7-5-4-6-8-17)27-22-11-9-18(14-20(22)24)25(29)28-21-12-10-19(26)13-16(21)2/h4-15H,3H2,1-2H3,(H,28,29). The number of rotatable bonds is 5. The number of aromatic nitrogens is 1. The molecule has 1 N–H and O–H groups in total. The first kappa shape index (κ1) is 19.6. The van der Waals surface area contributed by atoms with Gasteiger partial charge in [0.05, 0.1) is 17.8 Å². The van der Waals surface area contributed by atoms with Crippen molar-refractivity contribution < 1.29 is 13.9 Å². The van der Waals surface area contributed by atoms with Crippen molar-refractivity contribution in [3.05, 3.63) is 89.7 Å². The van der Waals surface area contributed by atoms with Crippen molar-refractivity contribution in [1.29, 1.82) is 0 Å². The summed E-state index contributed by atoms with van der Waals surface area (Å²) in [5.74, 6) is 0.0630. The first-order valence-electron chi connectivity index (χ1n) is 9.75. The predicted octanol–water partition coefficient (Wildman–Crippen LogP) is 6.00. The minimum atomic E-state index is -0.335. The van der Waals surface area contributed by atoms with Crippen LogP contribution in [0.1, 0.15) is 22.8 Å². The molecule has 4 nitrogen and oxygen atoms in total. The van der Waals surface area contributed by atoms with Crippen molar-refractivity contribution in [2.75, 3.05) is 11.9 Å². The smallest absolute Gasteiger partial charge is 0.255 e. The zero-order valence-corrected chi connectivity index (χ0v) is 16.8. The Labute approximate surface area is 174 Å². The lowest BCUT2D eigenvalue weighted by Gasteiger charge is -2.12. The fourth-order valence-corrected chi connectivity index (χ4v) is 3.33. The van der Waals surface area contributed by atoms with Crippen molar-refractivity contribution in [2.45, 2.75) is 13.8 Å². The molecule has 30 heavy (non-hydrogen) atoms. The third kappa shape index (κ3) is 4.01. The Hall–Kier alpha value is -3.73. The summed E-state index contributed by atoms with van der Waals surface area (Å²) in [5.41, 5.74) is 4.26. The highest BCUT2D eigenvalue weighted by Crippen LogP contribution is 2.31. The van der Waals surface area contributed by atoms with Crippen molar-refractivity contribution in [3.8, 4) is 17.0 Å². The van der Waals surface area contributed by atoms with Crippen LogP contribution in [-0.2, 0) is 0 Å². The van der Waals surface area contributed by atoms with Crippen LogP contribution in [0.5, 0.6) is 5.75 Å². The average Bonchev–Trinajstić information content (AvgIpc) is 2.76. The maximum absolute atomic E-state index is 13.3. The highest BCUT2D eigenvalue weighted by atomic mass is 19.1. The Balaban J connectivity index is 1.72. The second kappa shape index (κ2) is 8.33. The molecule has 5 heteroatoms. The van der Waals surface area contributed by atoms with Crippen LogP contribution in [-0.4, -0.2) is 17.5 Å². The van der Waals surface area contributed by atoms with Gasteiger partial charge in [0.1, 0.15) is 11.6 Å². The lowest BCUT2D eigenvalue weighted by molar-refractivity contribution is 0.102. The highest BCUT2D eigenvalue weighted by Gasteiger charge is 2.13. The van der Waals surface area contributed by atoms with Crippen LogP contribution in [0.4, 0.5) is 10.1 Å². The van der Waals surface area contributed by atoms with Gasteiger partial charge in [0.2, 0.25) is 0 Å². The lowest BCUT2D eigenvalue weighted by Crippen LogP contribution is -2.13. The molecule has 0 saturated carbocycles. The van der Waals surface area contributed by atoms with Gasteiger partial charge in [-0.3, -0.25) is 4.79 Å². The maximum atomic E-state index is 13.3. The number of hydrogen-bond acceptors (Lipinski definition) is 3. The van der Waals surface area contributed by atoms with Crippen LogP contribution in [0.3, 0.4) is 0 Å². The molecule has 0 aliphatic carbocycles.